The smallest absolute Gasteiger partial charge is 0.273 e. The van der Waals surface area contributed by atoms with Crippen LogP contribution in [0.15, 0.2) is 34.2 Å². The molecule has 26 heavy (non-hydrogen) atoms. The van der Waals surface area contributed by atoms with Crippen molar-refractivity contribution in [3.05, 3.63) is 46.9 Å². The number of carbonyl (C=O) groups excluding carboxylic acids is 1. The molecule has 0 atom stereocenters. The van der Waals surface area contributed by atoms with Gasteiger partial charge in [0.1, 0.15) is 11.6 Å². The molecule has 3 aromatic rings. The first kappa shape index (κ1) is 16.7. The Morgan fingerprint density at radius 1 is 1.31 bits per heavy atom. The number of aryl methyl sites for hydroxylation is 1. The summed E-state index contributed by atoms with van der Waals surface area (Å²) >= 11 is 1.54. The summed E-state index contributed by atoms with van der Waals surface area (Å²) in [4.78, 5) is 24.5. The molecule has 3 aromatic heterocycles. The molecule has 0 bridgehead atoms. The fourth-order valence-corrected chi connectivity index (χ4v) is 3.64. The van der Waals surface area contributed by atoms with E-state index in [1.807, 2.05) is 30.5 Å². The van der Waals surface area contributed by atoms with Crippen LogP contribution in [-0.2, 0) is 6.54 Å². The van der Waals surface area contributed by atoms with Gasteiger partial charge >= 0.3 is 0 Å². The summed E-state index contributed by atoms with van der Waals surface area (Å²) in [6, 6.07) is 7.48. The Balaban J connectivity index is 1.43. The molecule has 0 aliphatic carbocycles. The minimum Gasteiger partial charge on any atom is -0.357 e. The molecule has 1 aliphatic rings. The fraction of sp³-hybridized carbons (Fsp3) is 0.333. The van der Waals surface area contributed by atoms with E-state index in [4.69, 9.17) is 4.52 Å². The van der Waals surface area contributed by atoms with Crippen LogP contribution in [0.3, 0.4) is 0 Å². The highest BCUT2D eigenvalue weighted by Gasteiger charge is 2.17. The Morgan fingerprint density at radius 3 is 2.92 bits per heavy atom. The van der Waals surface area contributed by atoms with Gasteiger partial charge < -0.3 is 14.7 Å². The van der Waals surface area contributed by atoms with Crippen molar-refractivity contribution in [2.75, 3.05) is 18.0 Å². The number of nitrogens with one attached hydrogen (secondary N) is 1. The molecule has 7 nitrogen and oxygen atoms in total. The maximum absolute atomic E-state index is 12.3. The van der Waals surface area contributed by atoms with Gasteiger partial charge in [0.25, 0.3) is 5.91 Å². The Bertz CT molecular complexity index is 900. The van der Waals surface area contributed by atoms with Crippen LogP contribution in [0.5, 0.6) is 0 Å². The molecule has 1 amide bonds. The van der Waals surface area contributed by atoms with Crippen LogP contribution in [0.4, 0.5) is 5.82 Å². The molecule has 0 saturated carbocycles. The predicted octanol–water partition coefficient (Wildman–Crippen LogP) is 3.03. The van der Waals surface area contributed by atoms with E-state index in [0.717, 1.165) is 29.5 Å². The van der Waals surface area contributed by atoms with Crippen LogP contribution in [-0.4, -0.2) is 34.1 Å². The fourth-order valence-electron chi connectivity index (χ4n) is 2.97. The number of thiophene rings is 1. The average molecular weight is 369 g/mol. The molecular weight excluding hydrogens is 350 g/mol. The summed E-state index contributed by atoms with van der Waals surface area (Å²) in [5.74, 6) is 1.82. The van der Waals surface area contributed by atoms with Gasteiger partial charge in [0.15, 0.2) is 11.5 Å². The number of nitrogens with zero attached hydrogens (tertiary/aromatic N) is 4. The average Bonchev–Trinajstić information content (AvgIpc) is 3.41. The van der Waals surface area contributed by atoms with E-state index in [9.17, 15) is 4.79 Å². The highest BCUT2D eigenvalue weighted by molar-refractivity contribution is 7.13. The first-order valence-corrected chi connectivity index (χ1v) is 9.45. The van der Waals surface area contributed by atoms with E-state index in [1.165, 1.54) is 24.2 Å². The van der Waals surface area contributed by atoms with Gasteiger partial charge in [0.2, 0.25) is 0 Å². The van der Waals surface area contributed by atoms with Crippen molar-refractivity contribution >= 4 is 23.1 Å². The van der Waals surface area contributed by atoms with Crippen LogP contribution in [0.25, 0.3) is 10.6 Å². The van der Waals surface area contributed by atoms with Crippen molar-refractivity contribution in [2.24, 2.45) is 0 Å². The van der Waals surface area contributed by atoms with Crippen LogP contribution >= 0.6 is 11.3 Å². The van der Waals surface area contributed by atoms with Crippen molar-refractivity contribution in [1.29, 1.82) is 0 Å². The van der Waals surface area contributed by atoms with Crippen LogP contribution < -0.4 is 10.2 Å². The highest BCUT2D eigenvalue weighted by Crippen LogP contribution is 2.25. The van der Waals surface area contributed by atoms with E-state index in [1.54, 1.807) is 6.07 Å². The van der Waals surface area contributed by atoms with Crippen molar-refractivity contribution in [3.8, 4) is 10.6 Å². The number of carbonyl (C=O) groups is 1. The molecule has 0 spiro atoms. The van der Waals surface area contributed by atoms with Crippen LogP contribution in [0.1, 0.15) is 34.8 Å². The van der Waals surface area contributed by atoms with Gasteiger partial charge in [-0.1, -0.05) is 11.2 Å². The van der Waals surface area contributed by atoms with E-state index >= 15 is 0 Å². The minimum absolute atomic E-state index is 0.251. The monoisotopic (exact) mass is 369 g/mol. The normalized spacial score (nSPS) is 14.0. The molecule has 0 aromatic carbocycles. The van der Waals surface area contributed by atoms with Gasteiger partial charge in [0, 0.05) is 30.9 Å². The molecule has 0 radical (unpaired) electrons. The Labute approximate surface area is 155 Å². The van der Waals surface area contributed by atoms with Gasteiger partial charge in [-0.3, -0.25) is 4.79 Å². The lowest BCUT2D eigenvalue weighted by molar-refractivity contribution is 0.0941. The van der Waals surface area contributed by atoms with Gasteiger partial charge in [-0.25, -0.2) is 9.97 Å². The zero-order valence-corrected chi connectivity index (χ0v) is 15.3. The molecule has 134 valence electrons. The molecule has 8 heteroatoms. The van der Waals surface area contributed by atoms with E-state index in [2.05, 4.69) is 25.3 Å². The summed E-state index contributed by atoms with van der Waals surface area (Å²) in [6.45, 7) is 4.24. The number of hydrogen-bond acceptors (Lipinski definition) is 7. The third-order valence-electron chi connectivity index (χ3n) is 4.23. The second kappa shape index (κ2) is 7.25. The Hall–Kier alpha value is -2.74. The summed E-state index contributed by atoms with van der Waals surface area (Å²) in [6.07, 6.45) is 2.38. The zero-order valence-electron chi connectivity index (χ0n) is 14.4. The zero-order chi connectivity index (χ0) is 17.9. The topological polar surface area (TPSA) is 84.2 Å². The van der Waals surface area contributed by atoms with Crippen molar-refractivity contribution in [3.63, 3.8) is 0 Å². The first-order valence-electron chi connectivity index (χ1n) is 8.57. The highest BCUT2D eigenvalue weighted by atomic mass is 32.1. The molecule has 1 fully saturated rings. The Morgan fingerprint density at radius 2 is 2.15 bits per heavy atom. The number of hydrogen-bond donors (Lipinski definition) is 1. The van der Waals surface area contributed by atoms with Gasteiger partial charge in [-0.05, 0) is 31.2 Å². The molecule has 1 saturated heterocycles. The quantitative estimate of drug-likeness (QED) is 0.744. The SMILES string of the molecule is Cc1cc(N2CCCC2)nc(CNC(=O)c2cc(-c3cccs3)on2)n1. The third kappa shape index (κ3) is 3.60. The van der Waals surface area contributed by atoms with Gasteiger partial charge in [-0.15, -0.1) is 11.3 Å². The van der Waals surface area contributed by atoms with Gasteiger partial charge in [-0.2, -0.15) is 0 Å². The van der Waals surface area contributed by atoms with E-state index in [0.29, 0.717) is 11.6 Å². The second-order valence-electron chi connectivity index (χ2n) is 6.21. The standard InChI is InChI=1S/C18H19N5O2S/c1-12-9-17(23-6-2-3-7-23)21-16(20-12)11-19-18(24)13-10-14(25-22-13)15-5-4-8-26-15/h4-5,8-10H,2-3,6-7,11H2,1H3,(H,19,24). The molecule has 4 rings (SSSR count). The number of aromatic nitrogens is 3. The maximum Gasteiger partial charge on any atom is 0.273 e. The molecule has 4 heterocycles. The molecule has 1 N–H and O–H groups in total. The largest absolute Gasteiger partial charge is 0.357 e. The van der Waals surface area contributed by atoms with Crippen molar-refractivity contribution in [2.45, 2.75) is 26.3 Å². The molecule has 0 unspecified atom stereocenters. The Kier molecular flexibility index (Phi) is 4.66. The maximum atomic E-state index is 12.3. The second-order valence-corrected chi connectivity index (χ2v) is 7.16. The van der Waals surface area contributed by atoms with E-state index < -0.39 is 0 Å². The van der Waals surface area contributed by atoms with Crippen molar-refractivity contribution in [1.82, 2.24) is 20.4 Å². The van der Waals surface area contributed by atoms with Crippen molar-refractivity contribution < 1.29 is 9.32 Å². The summed E-state index contributed by atoms with van der Waals surface area (Å²) in [5.41, 5.74) is 1.15. The number of anilines is 1. The van der Waals surface area contributed by atoms with E-state index in [-0.39, 0.29) is 18.1 Å². The van der Waals surface area contributed by atoms with Crippen LogP contribution in [0, 0.1) is 6.92 Å². The first-order chi connectivity index (χ1) is 12.7. The van der Waals surface area contributed by atoms with Gasteiger partial charge in [0.05, 0.1) is 11.4 Å². The molecular formula is C18H19N5O2S. The van der Waals surface area contributed by atoms with Crippen LogP contribution in [0.2, 0.25) is 0 Å². The lowest BCUT2D eigenvalue weighted by Gasteiger charge is -2.17. The predicted molar refractivity (Wildman–Crippen MR) is 99.2 cm³/mol. The minimum atomic E-state index is -0.301. The number of amides is 1. The summed E-state index contributed by atoms with van der Waals surface area (Å²) in [7, 11) is 0. The number of rotatable bonds is 5. The summed E-state index contributed by atoms with van der Waals surface area (Å²) < 4.78 is 5.25. The lowest BCUT2D eigenvalue weighted by atomic mass is 10.3. The lowest BCUT2D eigenvalue weighted by Crippen LogP contribution is -2.25. The third-order valence-corrected chi connectivity index (χ3v) is 5.12. The summed E-state index contributed by atoms with van der Waals surface area (Å²) in [5, 5.41) is 8.62. The molecule has 1 aliphatic heterocycles.